The highest BCUT2D eigenvalue weighted by Gasteiger charge is 2.74. The number of carbonyl (C=O) groups excluding carboxylic acids is 1. The van der Waals surface area contributed by atoms with Crippen LogP contribution in [-0.4, -0.2) is 60.9 Å². The molecule has 1 saturated heterocycles. The van der Waals surface area contributed by atoms with Gasteiger partial charge in [0.1, 0.15) is 4.75 Å². The summed E-state index contributed by atoms with van der Waals surface area (Å²) in [5.41, 5.74) is -9.58. The van der Waals surface area contributed by atoms with Crippen LogP contribution in [-0.2, 0) is 36.3 Å². The second-order valence-corrected chi connectivity index (χ2v) is 14.3. The van der Waals surface area contributed by atoms with E-state index in [2.05, 4.69) is 0 Å². The Morgan fingerprint density at radius 1 is 0.889 bits per heavy atom. The number of sulfone groups is 1. The van der Waals surface area contributed by atoms with E-state index < -0.39 is 80.5 Å². The van der Waals surface area contributed by atoms with Gasteiger partial charge in [0.25, 0.3) is 0 Å². The van der Waals surface area contributed by atoms with Gasteiger partial charge in [-0.25, -0.2) is 22.0 Å². The van der Waals surface area contributed by atoms with Gasteiger partial charge in [-0.15, -0.1) is 0 Å². The predicted octanol–water partition coefficient (Wildman–Crippen LogP) is 6.48. The fourth-order valence-corrected chi connectivity index (χ4v) is 9.56. The number of aliphatic carboxylic acids is 1. The lowest BCUT2D eigenvalue weighted by molar-refractivity contribution is -0.348. The molecule has 45 heavy (non-hydrogen) atoms. The molecule has 246 valence electrons. The van der Waals surface area contributed by atoms with Crippen LogP contribution < -0.4 is 0 Å². The number of likely N-dealkylation sites (tertiary alicyclic amines) is 1. The number of alkyl halides is 8. The normalized spacial score (nSPS) is 27.5. The monoisotopic (exact) mass is 667 g/mol. The Kier molecular flexibility index (Phi) is 7.85. The molecule has 2 aromatic carbocycles. The predicted molar refractivity (Wildman–Crippen MR) is 143 cm³/mol. The maximum Gasteiger partial charge on any atom is 0.435 e. The quantitative estimate of drug-likeness (QED) is 0.369. The van der Waals surface area contributed by atoms with Crippen molar-refractivity contribution >= 4 is 21.7 Å². The number of hydrogen-bond donors (Lipinski definition) is 1. The molecule has 15 heteroatoms. The van der Waals surface area contributed by atoms with Gasteiger partial charge in [-0.1, -0.05) is 35.9 Å². The third kappa shape index (κ3) is 4.91. The average Bonchev–Trinajstić information content (AvgIpc) is 3.37. The molecule has 2 aromatic rings. The van der Waals surface area contributed by atoms with Crippen LogP contribution in [0.2, 0.25) is 0 Å². The first kappa shape index (κ1) is 33.1. The minimum absolute atomic E-state index is 0.115. The lowest BCUT2D eigenvalue weighted by Crippen LogP contribution is -2.54. The van der Waals surface area contributed by atoms with E-state index in [9.17, 15) is 53.8 Å². The number of nitrogens with zero attached hydrogens (tertiary/aromatic N) is 1. The molecule has 2 fully saturated rings. The van der Waals surface area contributed by atoms with Gasteiger partial charge in [0, 0.05) is 18.0 Å². The molecule has 2 atom stereocenters. The molecule has 2 unspecified atom stereocenters. The van der Waals surface area contributed by atoms with Gasteiger partial charge in [-0.3, -0.25) is 4.79 Å². The van der Waals surface area contributed by atoms with E-state index in [-0.39, 0.29) is 54.7 Å². The van der Waals surface area contributed by atoms with Crippen LogP contribution in [0.1, 0.15) is 60.8 Å². The van der Waals surface area contributed by atoms with Crippen LogP contribution in [0.15, 0.2) is 47.4 Å². The molecule has 1 amide bonds. The summed E-state index contributed by atoms with van der Waals surface area (Å²) < 4.78 is 138. The molecule has 1 N–H and O–H groups in total. The largest absolute Gasteiger partial charge is 0.479 e. The highest BCUT2D eigenvalue weighted by Crippen LogP contribution is 2.57. The molecule has 0 spiro atoms. The second-order valence-electron chi connectivity index (χ2n) is 12.1. The number of rotatable bonds is 5. The minimum atomic E-state index is -6.36. The summed E-state index contributed by atoms with van der Waals surface area (Å²) in [6.45, 7) is 1.56. The van der Waals surface area contributed by atoms with Gasteiger partial charge < -0.3 is 10.0 Å². The van der Waals surface area contributed by atoms with Crippen molar-refractivity contribution in [3.05, 3.63) is 64.7 Å². The van der Waals surface area contributed by atoms with E-state index >= 15 is 4.39 Å². The first-order chi connectivity index (χ1) is 20.7. The molecule has 5 rings (SSSR count). The van der Waals surface area contributed by atoms with Crippen LogP contribution in [0.5, 0.6) is 0 Å². The van der Waals surface area contributed by atoms with E-state index in [1.807, 2.05) is 0 Å². The van der Waals surface area contributed by atoms with Gasteiger partial charge in [0.2, 0.25) is 11.6 Å². The highest BCUT2D eigenvalue weighted by molar-refractivity contribution is 7.92. The number of hydrogen-bond acceptors (Lipinski definition) is 4. The van der Waals surface area contributed by atoms with E-state index in [1.165, 1.54) is 29.2 Å². The highest BCUT2D eigenvalue weighted by atomic mass is 32.2. The number of carbonyl (C=O) groups is 2. The maximum atomic E-state index is 15.0. The average molecular weight is 668 g/mol. The third-order valence-corrected chi connectivity index (χ3v) is 12.2. The second kappa shape index (κ2) is 10.7. The molecule has 1 aliphatic heterocycles. The molecule has 1 saturated carbocycles. The number of aryl methyl sites for hydroxylation is 2. The standard InChI is InChI=1S/C30H29F8NO5S/c1-17-2-6-21(7-3-17)45(43,44)27-14-15-39(24(40)18-10-12-26(31,13-11-18)25(41)42)23(27)9-4-19-16-20(5-8-22(19)27)28(32,29(33,34)35)30(36,37)38/h2-3,5-8,16,18,23H,4,9-15H2,1H3,(H,41,42)/t18-,23?,26+,27?. The van der Waals surface area contributed by atoms with Crippen molar-refractivity contribution < 1.29 is 58.2 Å². The van der Waals surface area contributed by atoms with Crippen LogP contribution in [0, 0.1) is 12.8 Å². The third-order valence-electron chi connectivity index (χ3n) is 9.67. The van der Waals surface area contributed by atoms with Gasteiger partial charge in [0.15, 0.2) is 9.84 Å². The number of halogens is 8. The number of fused-ring (bicyclic) bond motifs is 3. The minimum Gasteiger partial charge on any atom is -0.479 e. The number of carboxylic acids is 1. The molecule has 2 aliphatic carbocycles. The summed E-state index contributed by atoms with van der Waals surface area (Å²) in [5, 5.41) is 9.20. The zero-order valence-electron chi connectivity index (χ0n) is 23.8. The van der Waals surface area contributed by atoms with Crippen molar-refractivity contribution in [1.82, 2.24) is 4.90 Å². The molecular weight excluding hydrogens is 638 g/mol. The Balaban J connectivity index is 1.62. The smallest absolute Gasteiger partial charge is 0.435 e. The lowest BCUT2D eigenvalue weighted by Gasteiger charge is -2.44. The van der Waals surface area contributed by atoms with Crippen LogP contribution in [0.3, 0.4) is 0 Å². The van der Waals surface area contributed by atoms with Crippen molar-refractivity contribution in [3.8, 4) is 0 Å². The van der Waals surface area contributed by atoms with Crippen LogP contribution >= 0.6 is 0 Å². The van der Waals surface area contributed by atoms with Crippen LogP contribution in [0.25, 0.3) is 0 Å². The fourth-order valence-electron chi connectivity index (χ4n) is 7.19. The van der Waals surface area contributed by atoms with Crippen molar-refractivity contribution in [1.29, 1.82) is 0 Å². The van der Waals surface area contributed by atoms with Crippen molar-refractivity contribution in [2.24, 2.45) is 5.92 Å². The Bertz CT molecular complexity index is 1600. The summed E-state index contributed by atoms with van der Waals surface area (Å²) in [6, 6.07) is 6.06. The number of benzene rings is 2. The zero-order chi connectivity index (χ0) is 33.4. The Hall–Kier alpha value is -3.23. The van der Waals surface area contributed by atoms with Crippen molar-refractivity contribution in [3.63, 3.8) is 0 Å². The maximum absolute atomic E-state index is 15.0. The van der Waals surface area contributed by atoms with E-state index in [1.54, 1.807) is 6.92 Å². The summed E-state index contributed by atoms with van der Waals surface area (Å²) in [7, 11) is -4.49. The first-order valence-electron chi connectivity index (χ1n) is 14.2. The Morgan fingerprint density at radius 3 is 2.00 bits per heavy atom. The molecule has 0 radical (unpaired) electrons. The Labute approximate surface area is 253 Å². The number of carboxylic acid groups (broad SMARTS) is 1. The van der Waals surface area contributed by atoms with E-state index in [0.717, 1.165) is 6.07 Å². The molecule has 0 aromatic heterocycles. The van der Waals surface area contributed by atoms with Gasteiger partial charge in [0.05, 0.1) is 10.9 Å². The van der Waals surface area contributed by atoms with Gasteiger partial charge in [-0.2, -0.15) is 26.3 Å². The van der Waals surface area contributed by atoms with Crippen LogP contribution in [0.4, 0.5) is 35.1 Å². The molecule has 1 heterocycles. The first-order valence-corrected chi connectivity index (χ1v) is 15.7. The summed E-state index contributed by atoms with van der Waals surface area (Å²) in [6.07, 6.45) is -14.5. The molecular formula is C30H29F8NO5S. The number of amides is 1. The summed E-state index contributed by atoms with van der Waals surface area (Å²) in [4.78, 5) is 26.2. The topological polar surface area (TPSA) is 91.8 Å². The SMILES string of the molecule is Cc1ccc(S(=O)(=O)C23CCN(C(=O)[C@H]4CC[C@](F)(C(=O)O)CC4)C2CCc2cc(C(F)(C(F)(F)F)C(F)(F)F)ccc23)cc1. The summed E-state index contributed by atoms with van der Waals surface area (Å²) >= 11 is 0. The molecule has 6 nitrogen and oxygen atoms in total. The van der Waals surface area contributed by atoms with Crippen molar-refractivity contribution in [2.75, 3.05) is 6.54 Å². The van der Waals surface area contributed by atoms with E-state index in [0.29, 0.717) is 17.7 Å². The van der Waals surface area contributed by atoms with Gasteiger partial charge in [-0.05, 0) is 75.1 Å². The fraction of sp³-hybridized carbons (Fsp3) is 0.533. The zero-order valence-corrected chi connectivity index (χ0v) is 24.6. The van der Waals surface area contributed by atoms with Crippen molar-refractivity contribution in [2.45, 2.75) is 91.2 Å². The molecule has 3 aliphatic rings. The van der Waals surface area contributed by atoms with E-state index in [4.69, 9.17) is 0 Å². The lowest BCUT2D eigenvalue weighted by atomic mass is 9.76. The summed E-state index contributed by atoms with van der Waals surface area (Å²) in [5.74, 6) is -3.00. The Morgan fingerprint density at radius 2 is 1.47 bits per heavy atom. The molecule has 0 bridgehead atoms. The van der Waals surface area contributed by atoms with Gasteiger partial charge >= 0.3 is 24.0 Å².